The summed E-state index contributed by atoms with van der Waals surface area (Å²) in [5.41, 5.74) is 1.89. The maximum absolute atomic E-state index is 10.3. The van der Waals surface area contributed by atoms with Crippen molar-refractivity contribution in [2.75, 3.05) is 0 Å². The van der Waals surface area contributed by atoms with E-state index >= 15 is 0 Å². The quantitative estimate of drug-likeness (QED) is 0.529. The smallest absolute Gasteiger partial charge is 0.211 e. The van der Waals surface area contributed by atoms with Gasteiger partial charge in [0.15, 0.2) is 0 Å². The van der Waals surface area contributed by atoms with Crippen LogP contribution in [0, 0.1) is 0 Å². The molecular weight excluding hydrogens is 174 g/mol. The highest BCUT2D eigenvalue weighted by molar-refractivity contribution is 5.55. The topological polar surface area (TPSA) is 29.4 Å². The lowest BCUT2D eigenvalue weighted by Crippen LogP contribution is -2.15. The molecule has 0 bridgehead atoms. The van der Waals surface area contributed by atoms with Crippen molar-refractivity contribution in [3.63, 3.8) is 0 Å². The fraction of sp³-hybridized carbons (Fsp3) is 0.417. The van der Waals surface area contributed by atoms with Gasteiger partial charge in [0.2, 0.25) is 6.08 Å². The van der Waals surface area contributed by atoms with Crippen LogP contribution >= 0.6 is 0 Å². The first kappa shape index (κ1) is 10.7. The zero-order chi connectivity index (χ0) is 10.6. The summed E-state index contributed by atoms with van der Waals surface area (Å²) in [7, 11) is 0. The Labute approximate surface area is 84.7 Å². The average Bonchev–Trinajstić information content (AvgIpc) is 2.19. The van der Waals surface area contributed by atoms with Crippen molar-refractivity contribution in [2.24, 2.45) is 4.99 Å². The lowest BCUT2D eigenvalue weighted by molar-refractivity contribution is 0.507. The van der Waals surface area contributed by atoms with Crippen molar-refractivity contribution < 1.29 is 4.79 Å². The van der Waals surface area contributed by atoms with Crippen LogP contribution in [0.2, 0.25) is 0 Å². The number of para-hydroxylation sites is 1. The molecule has 2 heteroatoms. The van der Waals surface area contributed by atoms with E-state index in [0.717, 1.165) is 17.7 Å². The lowest BCUT2D eigenvalue weighted by Gasteiger charge is -2.24. The number of benzene rings is 1. The zero-order valence-corrected chi connectivity index (χ0v) is 8.87. The normalized spacial score (nSPS) is 10.8. The van der Waals surface area contributed by atoms with Crippen LogP contribution in [-0.4, -0.2) is 6.08 Å². The number of rotatable bonds is 3. The van der Waals surface area contributed by atoms with Gasteiger partial charge >= 0.3 is 0 Å². The number of nitrogens with zero attached hydrogens (tertiary/aromatic N) is 1. The van der Waals surface area contributed by atoms with Crippen LogP contribution in [0.1, 0.15) is 32.8 Å². The van der Waals surface area contributed by atoms with E-state index in [4.69, 9.17) is 0 Å². The molecule has 2 nitrogen and oxygen atoms in total. The van der Waals surface area contributed by atoms with E-state index < -0.39 is 0 Å². The van der Waals surface area contributed by atoms with Gasteiger partial charge in [-0.3, -0.25) is 0 Å². The minimum absolute atomic E-state index is 0.0525. The van der Waals surface area contributed by atoms with E-state index in [-0.39, 0.29) is 5.41 Å². The molecule has 0 aliphatic rings. The third-order valence-corrected chi connectivity index (χ3v) is 2.68. The summed E-state index contributed by atoms with van der Waals surface area (Å²) in [6, 6.07) is 7.71. The Morgan fingerprint density at radius 2 is 2.00 bits per heavy atom. The first-order valence-corrected chi connectivity index (χ1v) is 4.79. The van der Waals surface area contributed by atoms with Crippen molar-refractivity contribution >= 4 is 11.8 Å². The molecular formula is C12H15NO. The van der Waals surface area contributed by atoms with Gasteiger partial charge in [-0.1, -0.05) is 39.0 Å². The van der Waals surface area contributed by atoms with E-state index in [1.807, 2.05) is 24.3 Å². The first-order valence-electron chi connectivity index (χ1n) is 4.79. The molecule has 0 saturated heterocycles. The summed E-state index contributed by atoms with van der Waals surface area (Å²) in [4.78, 5) is 14.0. The highest BCUT2D eigenvalue weighted by Gasteiger charge is 2.20. The Bertz CT molecular complexity index is 362. The highest BCUT2D eigenvalue weighted by Crippen LogP contribution is 2.33. The molecule has 0 N–H and O–H groups in total. The van der Waals surface area contributed by atoms with E-state index in [2.05, 4.69) is 25.8 Å². The molecule has 0 fully saturated rings. The van der Waals surface area contributed by atoms with Crippen LogP contribution in [-0.2, 0) is 10.2 Å². The summed E-state index contributed by atoms with van der Waals surface area (Å²) >= 11 is 0. The third-order valence-electron chi connectivity index (χ3n) is 2.68. The molecule has 0 spiro atoms. The number of aliphatic imine (C=N–C) groups is 1. The standard InChI is InChI=1S/C12H15NO/c1-4-12(2,3)10-7-5-6-8-11(10)13-9-14/h5-8H,4H2,1-3H3. The minimum Gasteiger partial charge on any atom is -0.211 e. The van der Waals surface area contributed by atoms with Crippen LogP contribution in [0.5, 0.6) is 0 Å². The molecule has 0 aliphatic carbocycles. The maximum Gasteiger partial charge on any atom is 0.240 e. The van der Waals surface area contributed by atoms with Gasteiger partial charge in [-0.2, -0.15) is 4.99 Å². The molecule has 0 unspecified atom stereocenters. The highest BCUT2D eigenvalue weighted by atomic mass is 16.1. The summed E-state index contributed by atoms with van der Waals surface area (Å²) < 4.78 is 0. The molecule has 0 aliphatic heterocycles. The Balaban J connectivity index is 3.26. The maximum atomic E-state index is 10.3. The number of hydrogen-bond donors (Lipinski definition) is 0. The van der Waals surface area contributed by atoms with Crippen LogP contribution in [0.4, 0.5) is 5.69 Å². The average molecular weight is 189 g/mol. The molecule has 0 amide bonds. The molecule has 14 heavy (non-hydrogen) atoms. The summed E-state index contributed by atoms with van der Waals surface area (Å²) in [5, 5.41) is 0. The monoisotopic (exact) mass is 189 g/mol. The zero-order valence-electron chi connectivity index (χ0n) is 8.87. The van der Waals surface area contributed by atoms with Gasteiger partial charge in [-0.25, -0.2) is 4.79 Å². The molecule has 1 rings (SSSR count). The second kappa shape index (κ2) is 4.21. The van der Waals surface area contributed by atoms with Crippen molar-refractivity contribution in [3.05, 3.63) is 29.8 Å². The van der Waals surface area contributed by atoms with Gasteiger partial charge in [-0.15, -0.1) is 0 Å². The minimum atomic E-state index is 0.0525. The van der Waals surface area contributed by atoms with Crippen molar-refractivity contribution in [2.45, 2.75) is 32.6 Å². The van der Waals surface area contributed by atoms with E-state index in [0.29, 0.717) is 0 Å². The van der Waals surface area contributed by atoms with E-state index in [1.165, 1.54) is 0 Å². The largest absolute Gasteiger partial charge is 0.240 e. The Hall–Kier alpha value is -1.40. The van der Waals surface area contributed by atoms with Gasteiger partial charge in [0.1, 0.15) is 0 Å². The molecule has 0 aromatic heterocycles. The van der Waals surface area contributed by atoms with Gasteiger partial charge in [0.25, 0.3) is 0 Å². The second-order valence-electron chi connectivity index (χ2n) is 3.96. The molecule has 1 aromatic carbocycles. The van der Waals surface area contributed by atoms with Crippen LogP contribution < -0.4 is 0 Å². The van der Waals surface area contributed by atoms with Gasteiger partial charge in [-0.05, 0) is 23.5 Å². The molecule has 1 aromatic rings. The third kappa shape index (κ3) is 2.09. The Morgan fingerprint density at radius 1 is 1.36 bits per heavy atom. The van der Waals surface area contributed by atoms with Gasteiger partial charge in [0.05, 0.1) is 5.69 Å². The molecule has 0 heterocycles. The summed E-state index contributed by atoms with van der Waals surface area (Å²) in [5.74, 6) is 0. The predicted molar refractivity (Wildman–Crippen MR) is 57.5 cm³/mol. The first-order chi connectivity index (χ1) is 6.61. The summed E-state index contributed by atoms with van der Waals surface area (Å²) in [6.45, 7) is 6.42. The van der Waals surface area contributed by atoms with Crippen molar-refractivity contribution in [1.29, 1.82) is 0 Å². The summed E-state index contributed by atoms with van der Waals surface area (Å²) in [6.07, 6.45) is 2.61. The molecule has 0 saturated carbocycles. The Morgan fingerprint density at radius 3 is 2.57 bits per heavy atom. The fourth-order valence-electron chi connectivity index (χ4n) is 1.38. The number of carbonyl (C=O) groups excluding carboxylic acids is 1. The van der Waals surface area contributed by atoms with Gasteiger partial charge in [0, 0.05) is 0 Å². The van der Waals surface area contributed by atoms with Gasteiger partial charge < -0.3 is 0 Å². The lowest BCUT2D eigenvalue weighted by atomic mass is 9.81. The van der Waals surface area contributed by atoms with E-state index in [1.54, 1.807) is 6.08 Å². The molecule has 0 atom stereocenters. The number of isocyanates is 1. The Kier molecular flexibility index (Phi) is 3.21. The molecule has 0 radical (unpaired) electrons. The molecule has 74 valence electrons. The van der Waals surface area contributed by atoms with E-state index in [9.17, 15) is 4.79 Å². The fourth-order valence-corrected chi connectivity index (χ4v) is 1.38. The van der Waals surface area contributed by atoms with Crippen LogP contribution in [0.3, 0.4) is 0 Å². The van der Waals surface area contributed by atoms with Crippen LogP contribution in [0.25, 0.3) is 0 Å². The predicted octanol–water partition coefficient (Wildman–Crippen LogP) is 3.34. The van der Waals surface area contributed by atoms with Crippen LogP contribution in [0.15, 0.2) is 29.3 Å². The van der Waals surface area contributed by atoms with Crippen molar-refractivity contribution in [3.8, 4) is 0 Å². The SMILES string of the molecule is CCC(C)(C)c1ccccc1N=C=O. The van der Waals surface area contributed by atoms with Crippen molar-refractivity contribution in [1.82, 2.24) is 0 Å². The number of hydrogen-bond acceptors (Lipinski definition) is 2. The second-order valence-corrected chi connectivity index (χ2v) is 3.96.